The van der Waals surface area contributed by atoms with Gasteiger partial charge in [0.15, 0.2) is 0 Å². The molecule has 0 saturated carbocycles. The molecule has 1 aliphatic carbocycles. The number of rotatable bonds is 10. The number of benzene rings is 2. The van der Waals surface area contributed by atoms with Crippen LogP contribution in [0.5, 0.6) is 0 Å². The summed E-state index contributed by atoms with van der Waals surface area (Å²) in [4.78, 5) is 0. The van der Waals surface area contributed by atoms with Crippen LogP contribution >= 0.6 is 0 Å². The van der Waals surface area contributed by atoms with Crippen LogP contribution in [-0.4, -0.2) is 53.9 Å². The van der Waals surface area contributed by atoms with Gasteiger partial charge in [-0.15, -0.1) is 0 Å². The second kappa shape index (κ2) is 8.71. The van der Waals surface area contributed by atoms with Crippen molar-refractivity contribution < 1.29 is 18.9 Å². The molecule has 6 nitrogen and oxygen atoms in total. The zero-order chi connectivity index (χ0) is 19.3. The van der Waals surface area contributed by atoms with E-state index in [4.69, 9.17) is 30.4 Å². The Morgan fingerprint density at radius 2 is 1.15 bits per heavy atom. The first-order valence-electron chi connectivity index (χ1n) is 9.06. The Kier molecular flexibility index (Phi) is 6.34. The summed E-state index contributed by atoms with van der Waals surface area (Å²) in [5, 5.41) is 0. The van der Waals surface area contributed by atoms with Crippen LogP contribution in [0.15, 0.2) is 36.4 Å². The Labute approximate surface area is 160 Å². The third-order valence-electron chi connectivity index (χ3n) is 4.97. The highest BCUT2D eigenvalue weighted by atomic mass is 16.5. The van der Waals surface area contributed by atoms with Crippen LogP contribution in [0.2, 0.25) is 0 Å². The summed E-state index contributed by atoms with van der Waals surface area (Å²) in [6.45, 7) is 2.99. The predicted octanol–water partition coefficient (Wildman–Crippen LogP) is 2.44. The van der Waals surface area contributed by atoms with Crippen molar-refractivity contribution in [2.75, 3.05) is 65.3 Å². The fraction of sp³-hybridized carbons (Fsp3) is 0.429. The molecule has 4 N–H and O–H groups in total. The monoisotopic (exact) mass is 372 g/mol. The van der Waals surface area contributed by atoms with Gasteiger partial charge >= 0.3 is 0 Å². The van der Waals surface area contributed by atoms with Crippen molar-refractivity contribution in [2.45, 2.75) is 5.41 Å². The number of nitrogen functional groups attached to an aromatic ring is 2. The topological polar surface area (TPSA) is 89.0 Å². The molecule has 0 fully saturated rings. The fourth-order valence-electron chi connectivity index (χ4n) is 3.66. The molecular weight excluding hydrogens is 344 g/mol. The van der Waals surface area contributed by atoms with Gasteiger partial charge < -0.3 is 30.4 Å². The molecule has 2 aromatic rings. The van der Waals surface area contributed by atoms with Crippen LogP contribution in [0.1, 0.15) is 11.1 Å². The molecule has 6 heteroatoms. The van der Waals surface area contributed by atoms with Gasteiger partial charge in [-0.05, 0) is 46.5 Å². The van der Waals surface area contributed by atoms with Gasteiger partial charge in [-0.25, -0.2) is 0 Å². The van der Waals surface area contributed by atoms with Crippen molar-refractivity contribution >= 4 is 11.4 Å². The van der Waals surface area contributed by atoms with Gasteiger partial charge in [0.25, 0.3) is 0 Å². The number of nitrogens with two attached hydrogens (primary N) is 2. The van der Waals surface area contributed by atoms with Gasteiger partial charge in [-0.1, -0.05) is 12.1 Å². The molecule has 0 heterocycles. The highest BCUT2D eigenvalue weighted by Gasteiger charge is 2.44. The van der Waals surface area contributed by atoms with E-state index in [1.54, 1.807) is 14.2 Å². The summed E-state index contributed by atoms with van der Waals surface area (Å²) < 4.78 is 22.2. The van der Waals surface area contributed by atoms with Crippen LogP contribution in [-0.2, 0) is 24.4 Å². The highest BCUT2D eigenvalue weighted by Crippen LogP contribution is 2.50. The molecule has 1 aliphatic rings. The third-order valence-corrected chi connectivity index (χ3v) is 4.97. The van der Waals surface area contributed by atoms with Gasteiger partial charge in [0.2, 0.25) is 0 Å². The molecule has 0 aromatic heterocycles. The van der Waals surface area contributed by atoms with E-state index in [1.807, 2.05) is 24.3 Å². The van der Waals surface area contributed by atoms with Crippen molar-refractivity contribution in [3.63, 3.8) is 0 Å². The van der Waals surface area contributed by atoms with Gasteiger partial charge in [-0.3, -0.25) is 0 Å². The maximum absolute atomic E-state index is 6.12. The van der Waals surface area contributed by atoms with Crippen molar-refractivity contribution in [3.8, 4) is 11.1 Å². The summed E-state index contributed by atoms with van der Waals surface area (Å²) in [5.41, 5.74) is 17.7. The Bertz CT molecular complexity index is 713. The molecule has 2 aromatic carbocycles. The van der Waals surface area contributed by atoms with E-state index in [1.165, 1.54) is 0 Å². The zero-order valence-corrected chi connectivity index (χ0v) is 16.0. The maximum Gasteiger partial charge on any atom is 0.0700 e. The molecule has 3 rings (SSSR count). The zero-order valence-electron chi connectivity index (χ0n) is 16.0. The van der Waals surface area contributed by atoms with E-state index in [0.29, 0.717) is 51.0 Å². The van der Waals surface area contributed by atoms with Crippen molar-refractivity contribution in [2.24, 2.45) is 0 Å². The largest absolute Gasteiger partial charge is 0.399 e. The third kappa shape index (κ3) is 3.94. The summed E-state index contributed by atoms with van der Waals surface area (Å²) >= 11 is 0. The Morgan fingerprint density at radius 3 is 1.56 bits per heavy atom. The van der Waals surface area contributed by atoms with E-state index in [-0.39, 0.29) is 0 Å². The minimum absolute atomic E-state index is 0.455. The van der Waals surface area contributed by atoms with E-state index in [0.717, 1.165) is 22.3 Å². The molecule has 146 valence electrons. The molecule has 0 unspecified atom stereocenters. The van der Waals surface area contributed by atoms with Gasteiger partial charge in [0.1, 0.15) is 0 Å². The molecule has 27 heavy (non-hydrogen) atoms. The fourth-order valence-corrected chi connectivity index (χ4v) is 3.66. The standard InChI is InChI=1S/C21H28N2O4/c1-24-7-9-26-13-21(14-27-10-8-25-2)19-11-15(22)3-5-17(19)18-6-4-16(23)12-20(18)21/h3-6,11-12H,7-10,13-14,22-23H2,1-2H3. The first kappa shape index (κ1) is 19.6. The number of hydrogen-bond donors (Lipinski definition) is 2. The Balaban J connectivity index is 2.03. The van der Waals surface area contributed by atoms with Crippen LogP contribution in [0, 0.1) is 0 Å². The maximum atomic E-state index is 6.12. The van der Waals surface area contributed by atoms with Crippen molar-refractivity contribution in [1.29, 1.82) is 0 Å². The lowest BCUT2D eigenvalue weighted by Gasteiger charge is -2.32. The van der Waals surface area contributed by atoms with Gasteiger partial charge in [-0.2, -0.15) is 0 Å². The minimum atomic E-state index is -0.475. The smallest absolute Gasteiger partial charge is 0.0700 e. The van der Waals surface area contributed by atoms with E-state index < -0.39 is 5.41 Å². The quantitative estimate of drug-likeness (QED) is 0.492. The lowest BCUT2D eigenvalue weighted by atomic mass is 9.79. The van der Waals surface area contributed by atoms with Crippen LogP contribution in [0.25, 0.3) is 11.1 Å². The van der Waals surface area contributed by atoms with Crippen LogP contribution in [0.3, 0.4) is 0 Å². The highest BCUT2D eigenvalue weighted by molar-refractivity contribution is 5.84. The summed E-state index contributed by atoms with van der Waals surface area (Å²) in [5.74, 6) is 0. The number of fused-ring (bicyclic) bond motifs is 3. The number of methoxy groups -OCH3 is 2. The predicted molar refractivity (Wildman–Crippen MR) is 107 cm³/mol. The molecule has 0 aliphatic heterocycles. The number of hydrogen-bond acceptors (Lipinski definition) is 6. The van der Waals surface area contributed by atoms with Crippen LogP contribution < -0.4 is 11.5 Å². The summed E-state index contributed by atoms with van der Waals surface area (Å²) in [6, 6.07) is 12.0. The van der Waals surface area contributed by atoms with E-state index in [2.05, 4.69) is 12.1 Å². The lowest BCUT2D eigenvalue weighted by Crippen LogP contribution is -2.37. The average Bonchev–Trinajstić information content (AvgIpc) is 2.92. The lowest BCUT2D eigenvalue weighted by molar-refractivity contribution is 0.00534. The van der Waals surface area contributed by atoms with E-state index in [9.17, 15) is 0 Å². The molecule has 0 amide bonds. The summed E-state index contributed by atoms with van der Waals surface area (Å²) in [6.07, 6.45) is 0. The minimum Gasteiger partial charge on any atom is -0.399 e. The van der Waals surface area contributed by atoms with Crippen molar-refractivity contribution in [1.82, 2.24) is 0 Å². The Morgan fingerprint density at radius 1 is 0.704 bits per heavy atom. The molecule has 0 spiro atoms. The Hall–Kier alpha value is -2.12. The second-order valence-electron chi connectivity index (χ2n) is 6.78. The molecular formula is C21H28N2O4. The van der Waals surface area contributed by atoms with Crippen molar-refractivity contribution in [3.05, 3.63) is 47.5 Å². The summed E-state index contributed by atoms with van der Waals surface area (Å²) in [7, 11) is 3.32. The molecule has 0 radical (unpaired) electrons. The first-order chi connectivity index (χ1) is 13.1. The van der Waals surface area contributed by atoms with Gasteiger partial charge in [0.05, 0.1) is 45.1 Å². The first-order valence-corrected chi connectivity index (χ1v) is 9.06. The number of ether oxygens (including phenoxy) is 4. The molecule has 0 saturated heterocycles. The molecule has 0 atom stereocenters. The molecule has 0 bridgehead atoms. The van der Waals surface area contributed by atoms with Crippen LogP contribution in [0.4, 0.5) is 11.4 Å². The average molecular weight is 372 g/mol. The van der Waals surface area contributed by atoms with E-state index >= 15 is 0 Å². The number of anilines is 2. The second-order valence-corrected chi connectivity index (χ2v) is 6.78. The normalized spacial score (nSPS) is 14.1. The SMILES string of the molecule is COCCOCC1(COCCOC)c2cc(N)ccc2-c2ccc(N)cc21. The van der Waals surface area contributed by atoms with Gasteiger partial charge in [0, 0.05) is 25.6 Å².